The number of hydrogen-bond donors (Lipinski definition) is 2. The Morgan fingerprint density at radius 1 is 1.33 bits per heavy atom. The molecule has 6 nitrogen and oxygen atoms in total. The fraction of sp³-hybridized carbons (Fsp3) is 0.600. The van der Waals surface area contributed by atoms with Crippen LogP contribution in [0.25, 0.3) is 0 Å². The number of nitrogens with zero attached hydrogens (tertiary/aromatic N) is 3. The summed E-state index contributed by atoms with van der Waals surface area (Å²) in [6.45, 7) is 8.06. The Balaban J connectivity index is 1.88. The van der Waals surface area contributed by atoms with Gasteiger partial charge in [-0.3, -0.25) is 9.69 Å². The summed E-state index contributed by atoms with van der Waals surface area (Å²) in [5.41, 5.74) is 2.47. The standard InChI is InChI=1S/C20H32BrN5O/c1-5-22-20(23-13-16-6-7-17(21)12-15(16)2)24-18-8-10-26(11-9-18)14-19(27)25(3)4/h6-7,12,18H,5,8-11,13-14H2,1-4H3,(H2,22,23,24). The minimum absolute atomic E-state index is 0.168. The van der Waals surface area contributed by atoms with E-state index in [1.165, 1.54) is 11.1 Å². The van der Waals surface area contributed by atoms with Gasteiger partial charge in [0.1, 0.15) is 0 Å². The van der Waals surface area contributed by atoms with E-state index in [1.54, 1.807) is 4.90 Å². The second kappa shape index (κ2) is 10.7. The molecule has 1 amide bonds. The molecule has 1 aliphatic rings. The van der Waals surface area contributed by atoms with Gasteiger partial charge in [0, 0.05) is 44.2 Å². The molecular formula is C20H32BrN5O. The Kier molecular flexibility index (Phi) is 8.57. The number of aryl methyl sites for hydroxylation is 1. The van der Waals surface area contributed by atoms with Gasteiger partial charge in [0.2, 0.25) is 5.91 Å². The Hall–Kier alpha value is -1.60. The monoisotopic (exact) mass is 437 g/mol. The molecule has 2 rings (SSSR count). The predicted octanol–water partition coefficient (Wildman–Crippen LogP) is 2.37. The summed E-state index contributed by atoms with van der Waals surface area (Å²) in [6.07, 6.45) is 2.03. The van der Waals surface area contributed by atoms with Crippen LogP contribution in [-0.2, 0) is 11.3 Å². The molecule has 1 heterocycles. The van der Waals surface area contributed by atoms with Crippen LogP contribution in [0.2, 0.25) is 0 Å². The molecule has 0 bridgehead atoms. The van der Waals surface area contributed by atoms with Crippen LogP contribution in [0.15, 0.2) is 27.7 Å². The molecule has 1 fully saturated rings. The first kappa shape index (κ1) is 21.7. The highest BCUT2D eigenvalue weighted by Gasteiger charge is 2.22. The zero-order valence-corrected chi connectivity index (χ0v) is 18.5. The van der Waals surface area contributed by atoms with E-state index in [9.17, 15) is 4.79 Å². The Morgan fingerprint density at radius 3 is 2.63 bits per heavy atom. The quantitative estimate of drug-likeness (QED) is 0.529. The lowest BCUT2D eigenvalue weighted by Gasteiger charge is -2.33. The number of halogens is 1. The maximum Gasteiger partial charge on any atom is 0.236 e. The number of piperidine rings is 1. The van der Waals surface area contributed by atoms with Crippen molar-refractivity contribution >= 4 is 27.8 Å². The molecule has 27 heavy (non-hydrogen) atoms. The van der Waals surface area contributed by atoms with E-state index >= 15 is 0 Å². The summed E-state index contributed by atoms with van der Waals surface area (Å²) in [7, 11) is 3.62. The van der Waals surface area contributed by atoms with E-state index in [0.717, 1.165) is 42.9 Å². The summed E-state index contributed by atoms with van der Waals surface area (Å²) in [6, 6.07) is 6.69. The minimum Gasteiger partial charge on any atom is -0.357 e. The second-order valence-corrected chi connectivity index (χ2v) is 8.16. The molecule has 150 valence electrons. The van der Waals surface area contributed by atoms with Gasteiger partial charge in [0.15, 0.2) is 5.96 Å². The van der Waals surface area contributed by atoms with E-state index in [4.69, 9.17) is 4.99 Å². The number of amides is 1. The third-order valence-corrected chi connectivity index (χ3v) is 5.34. The molecule has 1 aromatic carbocycles. The number of carbonyl (C=O) groups excluding carboxylic acids is 1. The Morgan fingerprint density at radius 2 is 2.04 bits per heavy atom. The summed E-state index contributed by atoms with van der Waals surface area (Å²) in [5, 5.41) is 6.91. The average molecular weight is 438 g/mol. The molecule has 0 aliphatic carbocycles. The molecule has 0 aromatic heterocycles. The molecule has 2 N–H and O–H groups in total. The van der Waals surface area contributed by atoms with Crippen LogP contribution in [0.1, 0.15) is 30.9 Å². The van der Waals surface area contributed by atoms with Crippen LogP contribution in [0.3, 0.4) is 0 Å². The van der Waals surface area contributed by atoms with Gasteiger partial charge < -0.3 is 15.5 Å². The molecule has 0 unspecified atom stereocenters. The van der Waals surface area contributed by atoms with Gasteiger partial charge in [-0.15, -0.1) is 0 Å². The zero-order chi connectivity index (χ0) is 19.8. The largest absolute Gasteiger partial charge is 0.357 e. The van der Waals surface area contributed by atoms with Gasteiger partial charge in [0.05, 0.1) is 13.1 Å². The number of rotatable bonds is 6. The van der Waals surface area contributed by atoms with Crippen molar-refractivity contribution < 1.29 is 4.79 Å². The van der Waals surface area contributed by atoms with Crippen LogP contribution >= 0.6 is 15.9 Å². The smallest absolute Gasteiger partial charge is 0.236 e. The van der Waals surface area contributed by atoms with Crippen molar-refractivity contribution in [2.75, 3.05) is 40.3 Å². The normalized spacial score (nSPS) is 16.3. The first-order valence-electron chi connectivity index (χ1n) is 9.61. The summed E-state index contributed by atoms with van der Waals surface area (Å²) in [4.78, 5) is 20.5. The molecule has 0 spiro atoms. The number of likely N-dealkylation sites (N-methyl/N-ethyl adjacent to an activating group) is 1. The van der Waals surface area contributed by atoms with Crippen molar-refractivity contribution in [1.82, 2.24) is 20.4 Å². The van der Waals surface area contributed by atoms with E-state index < -0.39 is 0 Å². The molecular weight excluding hydrogens is 406 g/mol. The first-order valence-corrected chi connectivity index (χ1v) is 10.4. The van der Waals surface area contributed by atoms with Gasteiger partial charge in [-0.2, -0.15) is 0 Å². The first-order chi connectivity index (χ1) is 12.9. The molecule has 0 radical (unpaired) electrons. The highest BCUT2D eigenvalue weighted by atomic mass is 79.9. The number of nitrogens with one attached hydrogen (secondary N) is 2. The second-order valence-electron chi connectivity index (χ2n) is 7.25. The highest BCUT2D eigenvalue weighted by Crippen LogP contribution is 2.16. The zero-order valence-electron chi connectivity index (χ0n) is 16.9. The van der Waals surface area contributed by atoms with E-state index in [0.29, 0.717) is 19.1 Å². The lowest BCUT2D eigenvalue weighted by molar-refractivity contribution is -0.130. The predicted molar refractivity (Wildman–Crippen MR) is 115 cm³/mol. The van der Waals surface area contributed by atoms with Crippen molar-refractivity contribution in [3.05, 3.63) is 33.8 Å². The molecule has 1 saturated heterocycles. The van der Waals surface area contributed by atoms with Gasteiger partial charge in [0.25, 0.3) is 0 Å². The number of aliphatic imine (C=N–C) groups is 1. The number of guanidine groups is 1. The van der Waals surface area contributed by atoms with E-state index in [1.807, 2.05) is 14.1 Å². The lowest BCUT2D eigenvalue weighted by Crippen LogP contribution is -2.50. The number of benzene rings is 1. The van der Waals surface area contributed by atoms with E-state index in [2.05, 4.69) is 63.5 Å². The van der Waals surface area contributed by atoms with Crippen molar-refractivity contribution in [2.45, 2.75) is 39.3 Å². The summed E-state index contributed by atoms with van der Waals surface area (Å²) in [5.74, 6) is 1.03. The van der Waals surface area contributed by atoms with Crippen molar-refractivity contribution in [3.63, 3.8) is 0 Å². The van der Waals surface area contributed by atoms with Crippen molar-refractivity contribution in [2.24, 2.45) is 4.99 Å². The van der Waals surface area contributed by atoms with Crippen LogP contribution in [0, 0.1) is 6.92 Å². The highest BCUT2D eigenvalue weighted by molar-refractivity contribution is 9.10. The maximum atomic E-state index is 11.9. The van der Waals surface area contributed by atoms with Crippen LogP contribution < -0.4 is 10.6 Å². The average Bonchev–Trinajstić information content (AvgIpc) is 2.62. The third-order valence-electron chi connectivity index (χ3n) is 4.84. The number of carbonyl (C=O) groups is 1. The third kappa shape index (κ3) is 7.14. The van der Waals surface area contributed by atoms with E-state index in [-0.39, 0.29) is 5.91 Å². The maximum absolute atomic E-state index is 11.9. The van der Waals surface area contributed by atoms with Gasteiger partial charge in [-0.25, -0.2) is 4.99 Å². The van der Waals surface area contributed by atoms with Crippen molar-refractivity contribution in [3.8, 4) is 0 Å². The summed E-state index contributed by atoms with van der Waals surface area (Å²) < 4.78 is 1.09. The van der Waals surface area contributed by atoms with Crippen LogP contribution in [0.5, 0.6) is 0 Å². The van der Waals surface area contributed by atoms with Gasteiger partial charge in [-0.05, 0) is 49.9 Å². The topological polar surface area (TPSA) is 60.0 Å². The van der Waals surface area contributed by atoms with Crippen LogP contribution in [-0.4, -0.2) is 68.0 Å². The van der Waals surface area contributed by atoms with Gasteiger partial charge >= 0.3 is 0 Å². The minimum atomic E-state index is 0.168. The Labute approximate surface area is 171 Å². The Bertz CT molecular complexity index is 654. The SMILES string of the molecule is CCNC(=NCc1ccc(Br)cc1C)NC1CCN(CC(=O)N(C)C)CC1. The number of likely N-dealkylation sites (tertiary alicyclic amines) is 1. The number of hydrogen-bond acceptors (Lipinski definition) is 3. The molecule has 1 aromatic rings. The summed E-state index contributed by atoms with van der Waals surface area (Å²) >= 11 is 3.51. The molecule has 1 aliphatic heterocycles. The fourth-order valence-corrected chi connectivity index (χ4v) is 3.56. The fourth-order valence-electron chi connectivity index (χ4n) is 3.08. The van der Waals surface area contributed by atoms with Gasteiger partial charge in [-0.1, -0.05) is 22.0 Å². The molecule has 0 atom stereocenters. The van der Waals surface area contributed by atoms with Crippen LogP contribution in [0.4, 0.5) is 0 Å². The van der Waals surface area contributed by atoms with Crippen molar-refractivity contribution in [1.29, 1.82) is 0 Å². The molecule has 0 saturated carbocycles. The molecule has 7 heteroatoms. The lowest BCUT2D eigenvalue weighted by atomic mass is 10.1.